The first kappa shape index (κ1) is 21.4. The third-order valence-corrected chi connectivity index (χ3v) is 6.54. The summed E-state index contributed by atoms with van der Waals surface area (Å²) in [5.74, 6) is -1.72. The number of benzene rings is 1. The van der Waals surface area contributed by atoms with E-state index in [1.807, 2.05) is 9.47 Å². The molecule has 1 aromatic carbocycles. The lowest BCUT2D eigenvalue weighted by atomic mass is 10.0. The van der Waals surface area contributed by atoms with E-state index in [0.29, 0.717) is 47.9 Å². The highest BCUT2D eigenvalue weighted by Crippen LogP contribution is 2.40. The van der Waals surface area contributed by atoms with Gasteiger partial charge in [-0.3, -0.25) is 4.79 Å². The molecule has 0 radical (unpaired) electrons. The van der Waals surface area contributed by atoms with Gasteiger partial charge in [0.05, 0.1) is 17.7 Å². The number of pyridine rings is 1. The normalized spacial score (nSPS) is 18.4. The first-order chi connectivity index (χ1) is 15.7. The zero-order valence-corrected chi connectivity index (χ0v) is 18.3. The van der Waals surface area contributed by atoms with Crippen molar-refractivity contribution in [3.8, 4) is 0 Å². The lowest BCUT2D eigenvalue weighted by molar-refractivity contribution is 0.0695. The van der Waals surface area contributed by atoms with Gasteiger partial charge in [0.15, 0.2) is 5.76 Å². The fraction of sp³-hybridized carbons (Fsp3) is 0.435. The molecule has 0 bridgehead atoms. The Kier molecular flexibility index (Phi) is 5.12. The van der Waals surface area contributed by atoms with Crippen LogP contribution in [-0.4, -0.2) is 34.8 Å². The van der Waals surface area contributed by atoms with Crippen molar-refractivity contribution in [3.63, 3.8) is 0 Å². The van der Waals surface area contributed by atoms with Crippen LogP contribution in [0.2, 0.25) is 0 Å². The lowest BCUT2D eigenvalue weighted by Crippen LogP contribution is -2.32. The number of anilines is 1. The summed E-state index contributed by atoms with van der Waals surface area (Å²) in [6, 6.07) is 1.33. The Bertz CT molecular complexity index is 1380. The molecule has 1 saturated carbocycles. The van der Waals surface area contributed by atoms with Crippen molar-refractivity contribution in [1.29, 1.82) is 0 Å². The minimum absolute atomic E-state index is 0.0408. The first-order valence-electron chi connectivity index (χ1n) is 10.9. The topological polar surface area (TPSA) is 118 Å². The molecule has 10 heteroatoms. The van der Waals surface area contributed by atoms with Gasteiger partial charge in [0.1, 0.15) is 17.1 Å². The van der Waals surface area contributed by atoms with Crippen LogP contribution in [0.25, 0.3) is 10.9 Å². The van der Waals surface area contributed by atoms with E-state index in [2.05, 4.69) is 5.32 Å². The number of rotatable bonds is 6. The summed E-state index contributed by atoms with van der Waals surface area (Å²) >= 11 is 0. The Morgan fingerprint density at radius 3 is 2.64 bits per heavy atom. The molecule has 33 heavy (non-hydrogen) atoms. The van der Waals surface area contributed by atoms with Crippen LogP contribution in [0, 0.1) is 19.7 Å². The number of carbonyl (C=O) groups is 1. The number of carboxylic acids is 1. The minimum atomic E-state index is -1.31. The summed E-state index contributed by atoms with van der Waals surface area (Å²) < 4.78 is 27.0. The molecule has 1 aliphatic carbocycles. The number of halogens is 1. The monoisotopic (exact) mass is 457 g/mol. The van der Waals surface area contributed by atoms with Gasteiger partial charge in [-0.25, -0.2) is 14.0 Å². The zero-order valence-electron chi connectivity index (χ0n) is 18.3. The molecule has 2 fully saturated rings. The van der Waals surface area contributed by atoms with Gasteiger partial charge in [-0.1, -0.05) is 0 Å². The van der Waals surface area contributed by atoms with Crippen molar-refractivity contribution < 1.29 is 23.1 Å². The average Bonchev–Trinajstić information content (AvgIpc) is 3.41. The summed E-state index contributed by atoms with van der Waals surface area (Å²) in [6.07, 6.45) is 3.94. The Labute approximate surface area is 187 Å². The van der Waals surface area contributed by atoms with E-state index < -0.39 is 23.0 Å². The molecule has 2 aliphatic rings. The fourth-order valence-corrected chi connectivity index (χ4v) is 4.75. The van der Waals surface area contributed by atoms with Crippen molar-refractivity contribution in [2.45, 2.75) is 51.7 Å². The Balaban J connectivity index is 1.47. The van der Waals surface area contributed by atoms with Crippen molar-refractivity contribution in [1.82, 2.24) is 9.88 Å². The molecule has 174 valence electrons. The second-order valence-corrected chi connectivity index (χ2v) is 8.79. The summed E-state index contributed by atoms with van der Waals surface area (Å²) in [7, 11) is 0. The standard InChI is InChI=1S/C23H24FN3O6/c1-11-19-15(21(28)16(22(29)30)10-27(19)14-3-4-14)7-17(24)20(11)26-6-5-13(9-26)25-8-18-12(2)32-23(31)33-18/h7,10,13-14,25H,3-6,8-9H2,1-2H3,(H,29,30). The van der Waals surface area contributed by atoms with Gasteiger partial charge in [0.2, 0.25) is 5.43 Å². The Morgan fingerprint density at radius 2 is 2.00 bits per heavy atom. The van der Waals surface area contributed by atoms with E-state index >= 15 is 4.39 Å². The summed E-state index contributed by atoms with van der Waals surface area (Å²) in [5.41, 5.74) is 0.641. The minimum Gasteiger partial charge on any atom is -0.477 e. The van der Waals surface area contributed by atoms with E-state index in [9.17, 15) is 19.5 Å². The third kappa shape index (κ3) is 3.74. The van der Waals surface area contributed by atoms with Crippen LogP contribution in [0.5, 0.6) is 0 Å². The number of aromatic nitrogens is 1. The highest BCUT2D eigenvalue weighted by Gasteiger charge is 2.31. The van der Waals surface area contributed by atoms with Crippen LogP contribution < -0.4 is 21.5 Å². The van der Waals surface area contributed by atoms with Crippen LogP contribution in [0.4, 0.5) is 10.1 Å². The number of fused-ring (bicyclic) bond motifs is 1. The fourth-order valence-electron chi connectivity index (χ4n) is 4.75. The Morgan fingerprint density at radius 1 is 1.24 bits per heavy atom. The van der Waals surface area contributed by atoms with E-state index in [-0.39, 0.29) is 23.0 Å². The van der Waals surface area contributed by atoms with E-state index in [1.54, 1.807) is 13.8 Å². The molecule has 1 aliphatic heterocycles. The average molecular weight is 457 g/mol. The zero-order chi connectivity index (χ0) is 23.4. The second kappa shape index (κ2) is 7.87. The van der Waals surface area contributed by atoms with Crippen molar-refractivity contribution >= 4 is 22.6 Å². The number of aromatic carboxylic acids is 1. The van der Waals surface area contributed by atoms with Gasteiger partial charge in [0.25, 0.3) is 0 Å². The van der Waals surface area contributed by atoms with Crippen molar-refractivity contribution in [2.75, 3.05) is 18.0 Å². The predicted octanol–water partition coefficient (Wildman–Crippen LogP) is 2.71. The quantitative estimate of drug-likeness (QED) is 0.580. The lowest BCUT2D eigenvalue weighted by Gasteiger charge is -2.24. The number of carboxylic acid groups (broad SMARTS) is 1. The molecular weight excluding hydrogens is 433 g/mol. The van der Waals surface area contributed by atoms with E-state index in [0.717, 1.165) is 19.3 Å². The first-order valence-corrected chi connectivity index (χ1v) is 10.9. The number of hydrogen-bond acceptors (Lipinski definition) is 7. The molecular formula is C23H24FN3O6. The highest BCUT2D eigenvalue weighted by molar-refractivity contribution is 5.95. The molecule has 3 aromatic rings. The van der Waals surface area contributed by atoms with Crippen LogP contribution in [0.3, 0.4) is 0 Å². The van der Waals surface area contributed by atoms with Gasteiger partial charge < -0.3 is 28.7 Å². The van der Waals surface area contributed by atoms with E-state index in [1.165, 1.54) is 12.3 Å². The molecule has 2 aromatic heterocycles. The molecule has 0 amide bonds. The molecule has 1 unspecified atom stereocenters. The SMILES string of the molecule is Cc1oc(=O)oc1CNC1CCN(c2c(F)cc3c(=O)c(C(=O)O)cn(C4CC4)c3c2C)C1. The molecule has 1 saturated heterocycles. The van der Waals surface area contributed by atoms with Gasteiger partial charge >= 0.3 is 11.8 Å². The molecule has 2 N–H and O–H groups in total. The predicted molar refractivity (Wildman–Crippen MR) is 118 cm³/mol. The highest BCUT2D eigenvalue weighted by atomic mass is 19.1. The molecule has 3 heterocycles. The number of nitrogens with one attached hydrogen (secondary N) is 1. The van der Waals surface area contributed by atoms with Gasteiger partial charge in [-0.05, 0) is 44.7 Å². The third-order valence-electron chi connectivity index (χ3n) is 6.54. The maximum Gasteiger partial charge on any atom is 0.519 e. The van der Waals surface area contributed by atoms with Crippen LogP contribution in [0.1, 0.15) is 52.7 Å². The maximum absolute atomic E-state index is 15.3. The second-order valence-electron chi connectivity index (χ2n) is 8.79. The smallest absolute Gasteiger partial charge is 0.477 e. The summed E-state index contributed by atoms with van der Waals surface area (Å²) in [4.78, 5) is 37.5. The van der Waals surface area contributed by atoms with Crippen molar-refractivity contribution in [3.05, 3.63) is 61.6 Å². The largest absolute Gasteiger partial charge is 0.519 e. The van der Waals surface area contributed by atoms with Gasteiger partial charge in [0, 0.05) is 36.8 Å². The molecule has 0 spiro atoms. The number of aryl methyl sites for hydroxylation is 2. The molecule has 1 atom stereocenters. The van der Waals surface area contributed by atoms with Crippen LogP contribution >= 0.6 is 0 Å². The number of hydrogen-bond donors (Lipinski definition) is 2. The molecule has 9 nitrogen and oxygen atoms in total. The van der Waals surface area contributed by atoms with Crippen molar-refractivity contribution in [2.24, 2.45) is 0 Å². The summed E-state index contributed by atoms with van der Waals surface area (Å²) in [5, 5.41) is 12.9. The maximum atomic E-state index is 15.3. The van der Waals surface area contributed by atoms with Crippen LogP contribution in [-0.2, 0) is 6.54 Å². The molecule has 5 rings (SSSR count). The Hall–Kier alpha value is -3.40. The van der Waals surface area contributed by atoms with Crippen LogP contribution in [0.15, 0.2) is 30.7 Å². The van der Waals surface area contributed by atoms with E-state index in [4.69, 9.17) is 8.83 Å². The van der Waals surface area contributed by atoms with Gasteiger partial charge in [-0.15, -0.1) is 0 Å². The number of nitrogens with zero attached hydrogens (tertiary/aromatic N) is 2. The summed E-state index contributed by atoms with van der Waals surface area (Å²) in [6.45, 7) is 4.91. The van der Waals surface area contributed by atoms with Gasteiger partial charge in [-0.2, -0.15) is 0 Å².